The standard InChI is InChI=1S/C15H13N3O2/c19-12-2-1-3-13(20)14(12)15-17-10-8-16-7-6-11(10)18(15)9-4-5-9/h1-3,6-9,19-20H,4-5H2. The minimum atomic E-state index is 0.0372. The molecule has 1 fully saturated rings. The molecule has 0 radical (unpaired) electrons. The molecule has 0 bridgehead atoms. The topological polar surface area (TPSA) is 71.2 Å². The maximum atomic E-state index is 10.1. The summed E-state index contributed by atoms with van der Waals surface area (Å²) in [6.45, 7) is 0. The Balaban J connectivity index is 2.07. The highest BCUT2D eigenvalue weighted by Gasteiger charge is 2.30. The summed E-state index contributed by atoms with van der Waals surface area (Å²) >= 11 is 0. The number of benzene rings is 1. The normalized spacial score (nSPS) is 14.8. The summed E-state index contributed by atoms with van der Waals surface area (Å²) in [4.78, 5) is 8.63. The van der Waals surface area contributed by atoms with Crippen LogP contribution in [0.1, 0.15) is 18.9 Å². The molecule has 0 unspecified atom stereocenters. The van der Waals surface area contributed by atoms with Gasteiger partial charge in [0.2, 0.25) is 0 Å². The van der Waals surface area contributed by atoms with Crippen molar-refractivity contribution in [3.8, 4) is 22.9 Å². The van der Waals surface area contributed by atoms with Crippen LogP contribution in [0.3, 0.4) is 0 Å². The number of fused-ring (bicyclic) bond motifs is 1. The van der Waals surface area contributed by atoms with Gasteiger partial charge in [0.05, 0.1) is 11.7 Å². The predicted molar refractivity (Wildman–Crippen MR) is 74.6 cm³/mol. The van der Waals surface area contributed by atoms with Gasteiger partial charge in [-0.05, 0) is 31.0 Å². The van der Waals surface area contributed by atoms with Crippen LogP contribution < -0.4 is 0 Å². The van der Waals surface area contributed by atoms with Crippen LogP contribution in [0.5, 0.6) is 11.5 Å². The van der Waals surface area contributed by atoms with Gasteiger partial charge in [-0.25, -0.2) is 4.98 Å². The zero-order valence-electron chi connectivity index (χ0n) is 10.7. The molecule has 0 atom stereocenters. The lowest BCUT2D eigenvalue weighted by Gasteiger charge is -2.10. The third-order valence-electron chi connectivity index (χ3n) is 3.65. The van der Waals surface area contributed by atoms with Crippen LogP contribution in [0.15, 0.2) is 36.7 Å². The zero-order valence-corrected chi connectivity index (χ0v) is 10.7. The van der Waals surface area contributed by atoms with Crippen LogP contribution in [-0.2, 0) is 0 Å². The molecule has 4 rings (SSSR count). The molecular weight excluding hydrogens is 254 g/mol. The molecule has 2 aromatic heterocycles. The van der Waals surface area contributed by atoms with E-state index in [2.05, 4.69) is 14.5 Å². The van der Waals surface area contributed by atoms with Crippen LogP contribution in [0.4, 0.5) is 0 Å². The van der Waals surface area contributed by atoms with E-state index in [1.807, 2.05) is 6.07 Å². The van der Waals surface area contributed by atoms with Crippen molar-refractivity contribution in [3.05, 3.63) is 36.7 Å². The molecule has 2 heterocycles. The minimum absolute atomic E-state index is 0.0372. The van der Waals surface area contributed by atoms with E-state index in [1.165, 1.54) is 0 Å². The van der Waals surface area contributed by atoms with Crippen molar-refractivity contribution in [1.82, 2.24) is 14.5 Å². The first kappa shape index (κ1) is 11.3. The van der Waals surface area contributed by atoms with Crippen molar-refractivity contribution >= 4 is 11.0 Å². The van der Waals surface area contributed by atoms with Crippen molar-refractivity contribution in [2.24, 2.45) is 0 Å². The SMILES string of the molecule is Oc1cccc(O)c1-c1nc2cnccc2n1C1CC1. The lowest BCUT2D eigenvalue weighted by Crippen LogP contribution is -1.97. The van der Waals surface area contributed by atoms with Crippen molar-refractivity contribution in [2.75, 3.05) is 0 Å². The molecule has 0 saturated heterocycles. The molecule has 1 aliphatic rings. The monoisotopic (exact) mass is 267 g/mol. The Morgan fingerprint density at radius 3 is 2.55 bits per heavy atom. The second kappa shape index (κ2) is 3.96. The van der Waals surface area contributed by atoms with Gasteiger partial charge in [-0.2, -0.15) is 0 Å². The summed E-state index contributed by atoms with van der Waals surface area (Å²) in [6.07, 6.45) is 5.62. The molecule has 100 valence electrons. The highest BCUT2D eigenvalue weighted by Crippen LogP contribution is 2.44. The molecule has 1 aromatic carbocycles. The van der Waals surface area contributed by atoms with Gasteiger partial charge in [-0.3, -0.25) is 4.98 Å². The zero-order chi connectivity index (χ0) is 13.7. The van der Waals surface area contributed by atoms with E-state index in [1.54, 1.807) is 30.6 Å². The van der Waals surface area contributed by atoms with E-state index in [0.29, 0.717) is 17.4 Å². The first-order valence-electron chi connectivity index (χ1n) is 6.59. The first-order chi connectivity index (χ1) is 9.75. The van der Waals surface area contributed by atoms with Crippen molar-refractivity contribution < 1.29 is 10.2 Å². The largest absolute Gasteiger partial charge is 0.507 e. The van der Waals surface area contributed by atoms with Gasteiger partial charge in [0.25, 0.3) is 0 Å². The molecule has 3 aromatic rings. The van der Waals surface area contributed by atoms with Crippen molar-refractivity contribution in [3.63, 3.8) is 0 Å². The van der Waals surface area contributed by atoms with Gasteiger partial charge >= 0.3 is 0 Å². The van der Waals surface area contributed by atoms with Crippen molar-refractivity contribution in [1.29, 1.82) is 0 Å². The Bertz CT molecular complexity index is 786. The van der Waals surface area contributed by atoms with E-state index in [9.17, 15) is 10.2 Å². The number of aromatic nitrogens is 3. The molecule has 0 aliphatic heterocycles. The molecule has 5 nitrogen and oxygen atoms in total. The van der Waals surface area contributed by atoms with E-state index in [-0.39, 0.29) is 11.5 Å². The van der Waals surface area contributed by atoms with Crippen LogP contribution >= 0.6 is 0 Å². The Hall–Kier alpha value is -2.56. The number of phenols is 2. The number of imidazole rings is 1. The fourth-order valence-electron chi connectivity index (χ4n) is 2.59. The third kappa shape index (κ3) is 1.56. The number of rotatable bonds is 2. The smallest absolute Gasteiger partial charge is 0.148 e. The molecular formula is C15H13N3O2. The summed E-state index contributed by atoms with van der Waals surface area (Å²) in [5.74, 6) is 0.677. The van der Waals surface area contributed by atoms with E-state index < -0.39 is 0 Å². The van der Waals surface area contributed by atoms with Gasteiger partial charge in [0.1, 0.15) is 28.4 Å². The average Bonchev–Trinajstić information content (AvgIpc) is 3.19. The molecule has 0 spiro atoms. The van der Waals surface area contributed by atoms with E-state index in [0.717, 1.165) is 23.9 Å². The van der Waals surface area contributed by atoms with Crippen LogP contribution in [0.2, 0.25) is 0 Å². The number of hydrogen-bond acceptors (Lipinski definition) is 4. The predicted octanol–water partition coefficient (Wildman–Crippen LogP) is 2.84. The van der Waals surface area contributed by atoms with Crippen LogP contribution in [0, 0.1) is 0 Å². The fourth-order valence-corrected chi connectivity index (χ4v) is 2.59. The number of hydrogen-bond donors (Lipinski definition) is 2. The molecule has 20 heavy (non-hydrogen) atoms. The van der Waals surface area contributed by atoms with E-state index >= 15 is 0 Å². The highest BCUT2D eigenvalue weighted by atomic mass is 16.3. The van der Waals surface area contributed by atoms with Crippen LogP contribution in [0.25, 0.3) is 22.4 Å². The fraction of sp³-hybridized carbons (Fsp3) is 0.200. The Kier molecular flexibility index (Phi) is 2.24. The summed E-state index contributed by atoms with van der Waals surface area (Å²) in [5.41, 5.74) is 2.15. The van der Waals surface area contributed by atoms with Gasteiger partial charge in [-0.15, -0.1) is 0 Å². The second-order valence-electron chi connectivity index (χ2n) is 5.07. The Morgan fingerprint density at radius 1 is 1.10 bits per heavy atom. The van der Waals surface area contributed by atoms with Crippen molar-refractivity contribution in [2.45, 2.75) is 18.9 Å². The Morgan fingerprint density at radius 2 is 1.85 bits per heavy atom. The highest BCUT2D eigenvalue weighted by molar-refractivity contribution is 5.83. The summed E-state index contributed by atoms with van der Waals surface area (Å²) in [7, 11) is 0. The number of aromatic hydroxyl groups is 2. The van der Waals surface area contributed by atoms with Gasteiger partial charge in [0.15, 0.2) is 0 Å². The average molecular weight is 267 g/mol. The number of nitrogens with zero attached hydrogens (tertiary/aromatic N) is 3. The molecule has 2 N–H and O–H groups in total. The maximum Gasteiger partial charge on any atom is 0.148 e. The molecule has 0 amide bonds. The number of phenolic OH excluding ortho intramolecular Hbond substituents is 2. The first-order valence-corrected chi connectivity index (χ1v) is 6.59. The lowest BCUT2D eigenvalue weighted by molar-refractivity contribution is 0.453. The second-order valence-corrected chi connectivity index (χ2v) is 5.07. The number of pyridine rings is 1. The minimum Gasteiger partial charge on any atom is -0.507 e. The summed E-state index contributed by atoms with van der Waals surface area (Å²) < 4.78 is 2.09. The van der Waals surface area contributed by atoms with Gasteiger partial charge in [0, 0.05) is 12.2 Å². The van der Waals surface area contributed by atoms with E-state index in [4.69, 9.17) is 0 Å². The van der Waals surface area contributed by atoms with Crippen LogP contribution in [-0.4, -0.2) is 24.7 Å². The summed E-state index contributed by atoms with van der Waals surface area (Å²) in [5, 5.41) is 20.1. The summed E-state index contributed by atoms with van der Waals surface area (Å²) in [6, 6.07) is 7.03. The van der Waals surface area contributed by atoms with Gasteiger partial charge < -0.3 is 14.8 Å². The lowest BCUT2D eigenvalue weighted by atomic mass is 10.1. The molecule has 1 aliphatic carbocycles. The molecule has 5 heteroatoms. The Labute approximate surface area is 115 Å². The molecule has 1 saturated carbocycles. The quantitative estimate of drug-likeness (QED) is 0.749. The maximum absolute atomic E-state index is 10.1. The third-order valence-corrected chi connectivity index (χ3v) is 3.65. The van der Waals surface area contributed by atoms with Gasteiger partial charge in [-0.1, -0.05) is 6.07 Å².